The Balaban J connectivity index is 3.44. The molecule has 1 aromatic heterocycles. The molecule has 0 spiro atoms. The number of pyridine rings is 1. The fourth-order valence-electron chi connectivity index (χ4n) is 0.968. The Kier molecular flexibility index (Phi) is 3.46. The maximum atomic E-state index is 13.2. The highest BCUT2D eigenvalue weighted by molar-refractivity contribution is 6.17. The van der Waals surface area contributed by atoms with Gasteiger partial charge in [0, 0.05) is 5.56 Å². The summed E-state index contributed by atoms with van der Waals surface area (Å²) in [5.41, 5.74) is -1.62. The molecule has 0 N–H and O–H groups in total. The van der Waals surface area contributed by atoms with E-state index in [1.54, 1.807) is 0 Å². The third kappa shape index (κ3) is 2.17. The topological polar surface area (TPSA) is 56.0 Å². The van der Waals surface area contributed by atoms with Gasteiger partial charge in [-0.3, -0.25) is 0 Å². The molecule has 1 heterocycles. The summed E-state index contributed by atoms with van der Waals surface area (Å²) in [7, 11) is 0. The molecule has 0 unspecified atom stereocenters. The lowest BCUT2D eigenvalue weighted by Crippen LogP contribution is -2.05. The zero-order chi connectivity index (χ0) is 11.6. The number of alkyl halides is 3. The Morgan fingerprint density at radius 2 is 2.20 bits per heavy atom. The second-order valence-electron chi connectivity index (χ2n) is 2.53. The van der Waals surface area contributed by atoms with Gasteiger partial charge >= 0.3 is 5.82 Å². The van der Waals surface area contributed by atoms with Crippen LogP contribution in [0.2, 0.25) is 0 Å². The summed E-state index contributed by atoms with van der Waals surface area (Å²) in [5.74, 6) is -2.94. The van der Waals surface area contributed by atoms with Gasteiger partial charge in [0.25, 0.3) is 6.43 Å². The smallest absolute Gasteiger partial charge is 0.358 e. The molecule has 0 saturated heterocycles. The lowest BCUT2D eigenvalue weighted by atomic mass is 10.2. The van der Waals surface area contributed by atoms with Crippen LogP contribution >= 0.6 is 11.6 Å². The Morgan fingerprint density at radius 3 is 2.60 bits per heavy atom. The first kappa shape index (κ1) is 11.7. The van der Waals surface area contributed by atoms with Crippen LogP contribution in [0.1, 0.15) is 17.6 Å². The van der Waals surface area contributed by atoms with Gasteiger partial charge in [-0.2, -0.15) is 0 Å². The van der Waals surface area contributed by atoms with Crippen molar-refractivity contribution >= 4 is 17.4 Å². The SMILES string of the molecule is O=[N+]([O-])c1ncc(CCl)c(F)c1C(F)F. The summed E-state index contributed by atoms with van der Waals surface area (Å²) in [6, 6.07) is 0. The highest BCUT2D eigenvalue weighted by Crippen LogP contribution is 2.31. The van der Waals surface area contributed by atoms with Crippen LogP contribution in [0.15, 0.2) is 6.20 Å². The van der Waals surface area contributed by atoms with Gasteiger partial charge in [0.2, 0.25) is 0 Å². The summed E-state index contributed by atoms with van der Waals surface area (Å²) in [6.07, 6.45) is -2.53. The van der Waals surface area contributed by atoms with E-state index in [4.69, 9.17) is 11.6 Å². The molecular formula is C7H4ClF3N2O2. The number of nitro groups is 1. The minimum atomic E-state index is -3.30. The van der Waals surface area contributed by atoms with E-state index in [1.807, 2.05) is 0 Å². The first-order valence-electron chi connectivity index (χ1n) is 3.64. The summed E-state index contributed by atoms with van der Waals surface area (Å²) < 4.78 is 37.9. The van der Waals surface area contributed by atoms with Gasteiger partial charge in [0.1, 0.15) is 12.0 Å². The number of halogens is 4. The first-order valence-corrected chi connectivity index (χ1v) is 4.18. The van der Waals surface area contributed by atoms with E-state index in [0.717, 1.165) is 6.20 Å². The molecule has 0 aliphatic carbocycles. The van der Waals surface area contributed by atoms with Crippen molar-refractivity contribution in [1.82, 2.24) is 4.98 Å². The van der Waals surface area contributed by atoms with Crippen LogP contribution in [-0.4, -0.2) is 9.91 Å². The standard InChI is InChI=1S/C7H4ClF3N2O2/c8-1-3-2-12-7(13(14)15)4(5(3)9)6(10)11/h2,6H,1H2. The average molecular weight is 241 g/mol. The molecule has 1 aromatic rings. The molecule has 0 radical (unpaired) electrons. The van der Waals surface area contributed by atoms with Crippen LogP contribution in [0.3, 0.4) is 0 Å². The Hall–Kier alpha value is -1.37. The zero-order valence-corrected chi connectivity index (χ0v) is 7.84. The molecule has 0 atom stereocenters. The van der Waals surface area contributed by atoms with Crippen molar-refractivity contribution in [1.29, 1.82) is 0 Å². The monoisotopic (exact) mass is 240 g/mol. The van der Waals surface area contributed by atoms with Gasteiger partial charge in [-0.05, 0) is 9.91 Å². The molecule has 0 bridgehead atoms. The number of hydrogen-bond acceptors (Lipinski definition) is 3. The quantitative estimate of drug-likeness (QED) is 0.464. The van der Waals surface area contributed by atoms with Crippen molar-refractivity contribution < 1.29 is 18.1 Å². The molecule has 82 valence electrons. The maximum Gasteiger partial charge on any atom is 0.375 e. The Bertz CT molecular complexity index is 400. The normalized spacial score (nSPS) is 10.7. The molecule has 0 amide bonds. The number of nitrogens with zero attached hydrogens (tertiary/aromatic N) is 2. The fraction of sp³-hybridized carbons (Fsp3) is 0.286. The molecule has 4 nitrogen and oxygen atoms in total. The molecule has 0 fully saturated rings. The van der Waals surface area contributed by atoms with Crippen molar-refractivity contribution in [2.75, 3.05) is 0 Å². The van der Waals surface area contributed by atoms with Crippen LogP contribution in [0.4, 0.5) is 19.0 Å². The van der Waals surface area contributed by atoms with Crippen LogP contribution in [0, 0.1) is 15.9 Å². The minimum absolute atomic E-state index is 0.294. The van der Waals surface area contributed by atoms with Gasteiger partial charge in [0.05, 0.1) is 5.88 Å². The number of aromatic nitrogens is 1. The summed E-state index contributed by atoms with van der Waals surface area (Å²) in [6.45, 7) is 0. The third-order valence-electron chi connectivity index (χ3n) is 1.64. The van der Waals surface area contributed by atoms with Gasteiger partial charge in [-0.15, -0.1) is 11.6 Å². The molecule has 0 aromatic carbocycles. The van der Waals surface area contributed by atoms with Crippen molar-refractivity contribution in [2.24, 2.45) is 0 Å². The first-order chi connectivity index (χ1) is 6.99. The van der Waals surface area contributed by atoms with Gasteiger partial charge < -0.3 is 10.1 Å². The molecule has 0 aliphatic rings. The molecule has 0 saturated carbocycles. The van der Waals surface area contributed by atoms with E-state index < -0.39 is 28.5 Å². The predicted molar refractivity (Wildman–Crippen MR) is 45.4 cm³/mol. The second kappa shape index (κ2) is 4.43. The maximum absolute atomic E-state index is 13.2. The van der Waals surface area contributed by atoms with Crippen molar-refractivity contribution in [3.63, 3.8) is 0 Å². The fourth-order valence-corrected chi connectivity index (χ4v) is 1.15. The van der Waals surface area contributed by atoms with E-state index in [1.165, 1.54) is 0 Å². The van der Waals surface area contributed by atoms with E-state index >= 15 is 0 Å². The van der Waals surface area contributed by atoms with E-state index in [0.29, 0.717) is 0 Å². The van der Waals surface area contributed by atoms with Gasteiger partial charge in [-0.25, -0.2) is 13.2 Å². The number of hydrogen-bond donors (Lipinski definition) is 0. The Morgan fingerprint density at radius 1 is 1.60 bits per heavy atom. The molecule has 8 heteroatoms. The van der Waals surface area contributed by atoms with Crippen molar-refractivity contribution in [3.8, 4) is 0 Å². The highest BCUT2D eigenvalue weighted by Gasteiger charge is 2.29. The van der Waals surface area contributed by atoms with Crippen molar-refractivity contribution in [2.45, 2.75) is 12.3 Å². The van der Waals surface area contributed by atoms with Crippen LogP contribution in [-0.2, 0) is 5.88 Å². The zero-order valence-electron chi connectivity index (χ0n) is 7.08. The van der Waals surface area contributed by atoms with E-state index in [2.05, 4.69) is 4.98 Å². The van der Waals surface area contributed by atoms with Crippen molar-refractivity contribution in [3.05, 3.63) is 33.3 Å². The number of rotatable bonds is 3. The lowest BCUT2D eigenvalue weighted by Gasteiger charge is -2.04. The van der Waals surface area contributed by atoms with Gasteiger partial charge in [-0.1, -0.05) is 0 Å². The van der Waals surface area contributed by atoms with E-state index in [-0.39, 0.29) is 11.4 Å². The summed E-state index contributed by atoms with van der Waals surface area (Å²) in [5, 5.41) is 10.3. The third-order valence-corrected chi connectivity index (χ3v) is 1.93. The van der Waals surface area contributed by atoms with E-state index in [9.17, 15) is 23.3 Å². The molecule has 0 aliphatic heterocycles. The molecular weight excluding hydrogens is 237 g/mol. The minimum Gasteiger partial charge on any atom is -0.358 e. The summed E-state index contributed by atoms with van der Waals surface area (Å²) >= 11 is 5.25. The molecule has 1 rings (SSSR count). The lowest BCUT2D eigenvalue weighted by molar-refractivity contribution is -0.391. The van der Waals surface area contributed by atoms with Crippen LogP contribution in [0.5, 0.6) is 0 Å². The van der Waals surface area contributed by atoms with Gasteiger partial charge in [0.15, 0.2) is 5.56 Å². The highest BCUT2D eigenvalue weighted by atomic mass is 35.5. The van der Waals surface area contributed by atoms with Crippen LogP contribution < -0.4 is 0 Å². The average Bonchev–Trinajstić information content (AvgIpc) is 2.16. The second-order valence-corrected chi connectivity index (χ2v) is 2.79. The largest absolute Gasteiger partial charge is 0.375 e. The van der Waals surface area contributed by atoms with Crippen LogP contribution in [0.25, 0.3) is 0 Å². The summed E-state index contributed by atoms with van der Waals surface area (Å²) in [4.78, 5) is 12.3. The molecule has 15 heavy (non-hydrogen) atoms. The predicted octanol–water partition coefficient (Wildman–Crippen LogP) is 2.81. The Labute approximate surface area is 86.8 Å².